The van der Waals surface area contributed by atoms with E-state index in [0.717, 1.165) is 35.7 Å². The zero-order valence-electron chi connectivity index (χ0n) is 17.4. The van der Waals surface area contributed by atoms with Gasteiger partial charge in [-0.05, 0) is 49.6 Å². The Balaban J connectivity index is 1.67. The molecule has 1 N–H and O–H groups in total. The lowest BCUT2D eigenvalue weighted by atomic mass is 9.95. The molecule has 1 aliphatic rings. The third-order valence-corrected chi connectivity index (χ3v) is 6.02. The van der Waals surface area contributed by atoms with E-state index in [-0.39, 0.29) is 24.5 Å². The normalized spacial score (nSPS) is 15.3. The maximum absolute atomic E-state index is 13.0. The third kappa shape index (κ3) is 6.59. The van der Waals surface area contributed by atoms with Crippen molar-refractivity contribution < 1.29 is 14.3 Å². The summed E-state index contributed by atoms with van der Waals surface area (Å²) in [5, 5.41) is 3.14. The number of nitrogens with zero attached hydrogens (tertiary/aromatic N) is 1. The highest BCUT2D eigenvalue weighted by Crippen LogP contribution is 2.19. The number of ether oxygens (including phenoxy) is 1. The molecule has 6 heteroatoms. The van der Waals surface area contributed by atoms with Gasteiger partial charge in [0, 0.05) is 17.1 Å². The van der Waals surface area contributed by atoms with E-state index in [4.69, 9.17) is 4.74 Å². The molecule has 3 rings (SSSR count). The van der Waals surface area contributed by atoms with Gasteiger partial charge in [0.1, 0.15) is 11.8 Å². The molecule has 0 spiro atoms. The van der Waals surface area contributed by atoms with Crippen molar-refractivity contribution in [3.05, 3.63) is 64.6 Å². The van der Waals surface area contributed by atoms with E-state index >= 15 is 0 Å². The molecule has 0 radical (unpaired) electrons. The fraction of sp³-hybridized carbons (Fsp3) is 0.417. The second kappa shape index (κ2) is 11.2. The monoisotopic (exact) mass is 472 g/mol. The number of hydrogen-bond donors (Lipinski definition) is 1. The van der Waals surface area contributed by atoms with Gasteiger partial charge in [0.25, 0.3) is 5.91 Å². The van der Waals surface area contributed by atoms with Crippen LogP contribution in [0.2, 0.25) is 0 Å². The molecule has 1 aliphatic carbocycles. The van der Waals surface area contributed by atoms with Gasteiger partial charge in [-0.1, -0.05) is 65.5 Å². The molecule has 2 aromatic carbocycles. The summed E-state index contributed by atoms with van der Waals surface area (Å²) in [4.78, 5) is 27.5. The SMILES string of the molecule is C[C@H](C(=O)NC1CCCCC1)N(Cc1ccccc1)C(=O)COc1ccc(Br)cc1. The van der Waals surface area contributed by atoms with Crippen LogP contribution in [0.3, 0.4) is 0 Å². The smallest absolute Gasteiger partial charge is 0.261 e. The molecule has 0 bridgehead atoms. The van der Waals surface area contributed by atoms with Gasteiger partial charge in [0.2, 0.25) is 5.91 Å². The zero-order chi connectivity index (χ0) is 21.3. The van der Waals surface area contributed by atoms with E-state index in [1.807, 2.05) is 42.5 Å². The minimum Gasteiger partial charge on any atom is -0.484 e. The summed E-state index contributed by atoms with van der Waals surface area (Å²) in [6, 6.07) is 16.7. The molecule has 1 fully saturated rings. The molecule has 1 saturated carbocycles. The molecule has 160 valence electrons. The minimum atomic E-state index is -0.576. The fourth-order valence-corrected chi connectivity index (χ4v) is 3.95. The topological polar surface area (TPSA) is 58.6 Å². The molecule has 2 aromatic rings. The fourth-order valence-electron chi connectivity index (χ4n) is 3.69. The molecule has 0 unspecified atom stereocenters. The largest absolute Gasteiger partial charge is 0.484 e. The van der Waals surface area contributed by atoms with Crippen LogP contribution in [0.4, 0.5) is 0 Å². The summed E-state index contributed by atoms with van der Waals surface area (Å²) < 4.78 is 6.62. The van der Waals surface area contributed by atoms with Crippen molar-refractivity contribution in [2.75, 3.05) is 6.61 Å². The molecule has 2 amide bonds. The summed E-state index contributed by atoms with van der Waals surface area (Å²) in [7, 11) is 0. The second-order valence-corrected chi connectivity index (χ2v) is 8.69. The average molecular weight is 473 g/mol. The van der Waals surface area contributed by atoms with Crippen molar-refractivity contribution in [3.8, 4) is 5.75 Å². The number of nitrogens with one attached hydrogen (secondary N) is 1. The Morgan fingerprint density at radius 2 is 1.73 bits per heavy atom. The molecule has 30 heavy (non-hydrogen) atoms. The maximum Gasteiger partial charge on any atom is 0.261 e. The quantitative estimate of drug-likeness (QED) is 0.605. The van der Waals surface area contributed by atoms with Gasteiger partial charge in [-0.3, -0.25) is 9.59 Å². The van der Waals surface area contributed by atoms with Crippen LogP contribution in [-0.2, 0) is 16.1 Å². The first kappa shape index (κ1) is 22.3. The first-order chi connectivity index (χ1) is 14.5. The molecule has 0 saturated heterocycles. The summed E-state index contributed by atoms with van der Waals surface area (Å²) in [6.07, 6.45) is 5.55. The van der Waals surface area contributed by atoms with Gasteiger partial charge in [0.05, 0.1) is 0 Å². The molecule has 5 nitrogen and oxygen atoms in total. The third-order valence-electron chi connectivity index (χ3n) is 5.49. The number of hydrogen-bond acceptors (Lipinski definition) is 3. The minimum absolute atomic E-state index is 0.102. The summed E-state index contributed by atoms with van der Waals surface area (Å²) >= 11 is 3.39. The number of carbonyl (C=O) groups excluding carboxylic acids is 2. The van der Waals surface area contributed by atoms with E-state index in [0.29, 0.717) is 12.3 Å². The van der Waals surface area contributed by atoms with E-state index in [1.165, 1.54) is 6.42 Å². The van der Waals surface area contributed by atoms with Gasteiger partial charge in [0.15, 0.2) is 6.61 Å². The van der Waals surface area contributed by atoms with Crippen molar-refractivity contribution in [1.29, 1.82) is 0 Å². The lowest BCUT2D eigenvalue weighted by Gasteiger charge is -2.31. The van der Waals surface area contributed by atoms with Crippen molar-refractivity contribution in [2.45, 2.75) is 57.7 Å². The van der Waals surface area contributed by atoms with Crippen molar-refractivity contribution in [1.82, 2.24) is 10.2 Å². The van der Waals surface area contributed by atoms with Crippen LogP contribution in [0, 0.1) is 0 Å². The highest BCUT2D eigenvalue weighted by atomic mass is 79.9. The molecular formula is C24H29BrN2O3. The highest BCUT2D eigenvalue weighted by Gasteiger charge is 2.28. The van der Waals surface area contributed by atoms with Crippen LogP contribution in [0.1, 0.15) is 44.6 Å². The number of carbonyl (C=O) groups is 2. The van der Waals surface area contributed by atoms with Crippen molar-refractivity contribution in [2.24, 2.45) is 0 Å². The average Bonchev–Trinajstić information content (AvgIpc) is 2.78. The van der Waals surface area contributed by atoms with Gasteiger partial charge in [-0.15, -0.1) is 0 Å². The van der Waals surface area contributed by atoms with Crippen molar-refractivity contribution >= 4 is 27.7 Å². The Hall–Kier alpha value is -2.34. The van der Waals surface area contributed by atoms with Crippen LogP contribution in [-0.4, -0.2) is 35.4 Å². The lowest BCUT2D eigenvalue weighted by molar-refractivity contribution is -0.142. The number of rotatable bonds is 8. The van der Waals surface area contributed by atoms with Crippen LogP contribution in [0.5, 0.6) is 5.75 Å². The first-order valence-corrected chi connectivity index (χ1v) is 11.3. The number of amides is 2. The van der Waals surface area contributed by atoms with Gasteiger partial charge < -0.3 is 15.0 Å². The maximum atomic E-state index is 13.0. The van der Waals surface area contributed by atoms with Crippen LogP contribution >= 0.6 is 15.9 Å². The van der Waals surface area contributed by atoms with E-state index in [9.17, 15) is 9.59 Å². The Bertz CT molecular complexity index is 820. The van der Waals surface area contributed by atoms with Gasteiger partial charge in [-0.25, -0.2) is 0 Å². The van der Waals surface area contributed by atoms with Crippen LogP contribution in [0.15, 0.2) is 59.1 Å². The summed E-state index contributed by atoms with van der Waals surface area (Å²) in [6.45, 7) is 2.04. The predicted molar refractivity (Wildman–Crippen MR) is 121 cm³/mol. The number of benzene rings is 2. The molecule has 1 atom stereocenters. The zero-order valence-corrected chi connectivity index (χ0v) is 18.9. The standard InChI is InChI=1S/C24H29BrN2O3/c1-18(24(29)26-21-10-6-3-7-11-21)27(16-19-8-4-2-5-9-19)23(28)17-30-22-14-12-20(25)13-15-22/h2,4-5,8-9,12-15,18,21H,3,6-7,10-11,16-17H2,1H3,(H,26,29)/t18-/m1/s1. The van der Waals surface area contributed by atoms with Gasteiger partial charge in [-0.2, -0.15) is 0 Å². The first-order valence-electron chi connectivity index (χ1n) is 10.5. The van der Waals surface area contributed by atoms with E-state index in [2.05, 4.69) is 21.2 Å². The number of halogens is 1. The highest BCUT2D eigenvalue weighted by molar-refractivity contribution is 9.10. The molecule has 0 aromatic heterocycles. The van der Waals surface area contributed by atoms with Crippen LogP contribution < -0.4 is 10.1 Å². The van der Waals surface area contributed by atoms with E-state index < -0.39 is 6.04 Å². The van der Waals surface area contributed by atoms with Gasteiger partial charge >= 0.3 is 0 Å². The van der Waals surface area contributed by atoms with Crippen molar-refractivity contribution in [3.63, 3.8) is 0 Å². The molecule has 0 heterocycles. The Kier molecular flexibility index (Phi) is 8.31. The predicted octanol–water partition coefficient (Wildman–Crippen LogP) is 4.69. The second-order valence-electron chi connectivity index (χ2n) is 7.77. The Labute approximate surface area is 186 Å². The molecular weight excluding hydrogens is 444 g/mol. The van der Waals surface area contributed by atoms with E-state index in [1.54, 1.807) is 24.0 Å². The lowest BCUT2D eigenvalue weighted by Crippen LogP contribution is -2.51. The Morgan fingerprint density at radius 3 is 2.40 bits per heavy atom. The van der Waals surface area contributed by atoms with Crippen LogP contribution in [0.25, 0.3) is 0 Å². The summed E-state index contributed by atoms with van der Waals surface area (Å²) in [5.74, 6) is 0.299. The molecule has 0 aliphatic heterocycles. The Morgan fingerprint density at radius 1 is 1.07 bits per heavy atom. The summed E-state index contributed by atoms with van der Waals surface area (Å²) in [5.41, 5.74) is 0.979.